The number of hydrogen-bond donors (Lipinski definition) is 0. The first-order chi connectivity index (χ1) is 10.1. The Labute approximate surface area is 129 Å². The van der Waals surface area contributed by atoms with Crippen molar-refractivity contribution in [1.82, 2.24) is 9.78 Å². The summed E-state index contributed by atoms with van der Waals surface area (Å²) in [7, 11) is 3.17. The zero-order chi connectivity index (χ0) is 15.0. The Morgan fingerprint density at radius 3 is 2.81 bits per heavy atom. The van der Waals surface area contributed by atoms with Crippen LogP contribution in [-0.2, 0) is 11.8 Å². The number of ether oxygens (including phenoxy) is 3. The zero-order valence-corrected chi connectivity index (χ0v) is 13.3. The van der Waals surface area contributed by atoms with Crippen LogP contribution in [0.5, 0.6) is 11.5 Å². The van der Waals surface area contributed by atoms with Gasteiger partial charge in [0, 0.05) is 18.9 Å². The minimum atomic E-state index is -0.178. The van der Waals surface area contributed by atoms with Crippen LogP contribution >= 0.6 is 15.9 Å². The van der Waals surface area contributed by atoms with E-state index in [0.29, 0.717) is 40.1 Å². The predicted octanol–water partition coefficient (Wildman–Crippen LogP) is 1.87. The molecular formula is C14H15BrN2O4. The van der Waals surface area contributed by atoms with Crippen molar-refractivity contribution in [1.29, 1.82) is 0 Å². The maximum atomic E-state index is 12.2. The van der Waals surface area contributed by atoms with Crippen LogP contribution in [0.15, 0.2) is 21.5 Å². The van der Waals surface area contributed by atoms with Crippen LogP contribution in [0.4, 0.5) is 0 Å². The molecule has 0 amide bonds. The fourth-order valence-electron chi connectivity index (χ4n) is 2.35. The minimum absolute atomic E-state index is 0.00892. The van der Waals surface area contributed by atoms with Gasteiger partial charge >= 0.3 is 0 Å². The van der Waals surface area contributed by atoms with Gasteiger partial charge in [0.25, 0.3) is 5.56 Å². The van der Waals surface area contributed by atoms with E-state index < -0.39 is 0 Å². The third-order valence-corrected chi connectivity index (χ3v) is 4.06. The van der Waals surface area contributed by atoms with E-state index >= 15 is 0 Å². The molecule has 3 rings (SSSR count). The second-order valence-electron chi connectivity index (χ2n) is 4.87. The molecule has 1 aliphatic rings. The smallest absolute Gasteiger partial charge is 0.274 e. The van der Waals surface area contributed by atoms with Crippen LogP contribution in [0.2, 0.25) is 0 Å². The Kier molecular flexibility index (Phi) is 3.86. The number of aromatic nitrogens is 2. The molecule has 1 aliphatic heterocycles. The lowest BCUT2D eigenvalue weighted by atomic mass is 10.1. The molecule has 7 heteroatoms. The van der Waals surface area contributed by atoms with E-state index in [-0.39, 0.29) is 11.7 Å². The average Bonchev–Trinajstić information content (AvgIpc) is 2.97. The van der Waals surface area contributed by atoms with Gasteiger partial charge in [-0.15, -0.1) is 0 Å². The van der Waals surface area contributed by atoms with Gasteiger partial charge in [-0.05, 0) is 28.1 Å². The summed E-state index contributed by atoms with van der Waals surface area (Å²) >= 11 is 3.38. The first-order valence-electron chi connectivity index (χ1n) is 6.59. The Morgan fingerprint density at radius 2 is 2.14 bits per heavy atom. The molecule has 0 aliphatic carbocycles. The summed E-state index contributed by atoms with van der Waals surface area (Å²) in [5, 5.41) is 5.36. The summed E-state index contributed by atoms with van der Waals surface area (Å²) in [5.74, 6) is 1.13. The maximum Gasteiger partial charge on any atom is 0.274 e. The number of rotatable bonds is 3. The average molecular weight is 355 g/mol. The second-order valence-corrected chi connectivity index (χ2v) is 5.62. The van der Waals surface area contributed by atoms with E-state index in [0.717, 1.165) is 6.42 Å². The van der Waals surface area contributed by atoms with Gasteiger partial charge in [0.15, 0.2) is 11.5 Å². The number of aryl methyl sites for hydroxylation is 1. The molecular weight excluding hydrogens is 340 g/mol. The molecule has 0 saturated carbocycles. The van der Waals surface area contributed by atoms with Crippen LogP contribution in [0, 0.1) is 0 Å². The SMILES string of the molecule is COc1cc2c(=O)n(C)nc(Br)c2cc1O[C@H]1CCOC1. The van der Waals surface area contributed by atoms with Crippen molar-refractivity contribution in [2.24, 2.45) is 7.05 Å². The summed E-state index contributed by atoms with van der Waals surface area (Å²) in [5.41, 5.74) is -0.178. The molecule has 112 valence electrons. The number of nitrogens with zero attached hydrogens (tertiary/aromatic N) is 2. The molecule has 21 heavy (non-hydrogen) atoms. The zero-order valence-electron chi connectivity index (χ0n) is 11.8. The van der Waals surface area contributed by atoms with Gasteiger partial charge in [0.2, 0.25) is 0 Å². The van der Waals surface area contributed by atoms with Gasteiger partial charge in [-0.2, -0.15) is 5.10 Å². The highest BCUT2D eigenvalue weighted by atomic mass is 79.9. The second kappa shape index (κ2) is 5.65. The molecule has 0 bridgehead atoms. The molecule has 1 aromatic carbocycles. The number of methoxy groups -OCH3 is 1. The molecule has 0 unspecified atom stereocenters. The Balaban J connectivity index is 2.13. The Bertz CT molecular complexity index is 738. The van der Waals surface area contributed by atoms with Crippen molar-refractivity contribution in [3.05, 3.63) is 27.1 Å². The lowest BCUT2D eigenvalue weighted by Gasteiger charge is -2.16. The highest BCUT2D eigenvalue weighted by molar-refractivity contribution is 9.10. The lowest BCUT2D eigenvalue weighted by Crippen LogP contribution is -2.20. The van der Waals surface area contributed by atoms with Crippen molar-refractivity contribution in [3.8, 4) is 11.5 Å². The van der Waals surface area contributed by atoms with Gasteiger partial charge in [-0.1, -0.05) is 0 Å². The van der Waals surface area contributed by atoms with Crippen molar-refractivity contribution < 1.29 is 14.2 Å². The van der Waals surface area contributed by atoms with Crippen molar-refractivity contribution in [3.63, 3.8) is 0 Å². The topological polar surface area (TPSA) is 62.6 Å². The van der Waals surface area contributed by atoms with Crippen LogP contribution in [-0.4, -0.2) is 36.2 Å². The highest BCUT2D eigenvalue weighted by Gasteiger charge is 2.20. The number of halogens is 1. The highest BCUT2D eigenvalue weighted by Crippen LogP contribution is 2.34. The normalized spacial score (nSPS) is 18.1. The quantitative estimate of drug-likeness (QED) is 0.841. The predicted molar refractivity (Wildman–Crippen MR) is 81.1 cm³/mol. The van der Waals surface area contributed by atoms with Crippen LogP contribution in [0.1, 0.15) is 6.42 Å². The van der Waals surface area contributed by atoms with E-state index in [2.05, 4.69) is 21.0 Å². The lowest BCUT2D eigenvalue weighted by molar-refractivity contribution is 0.139. The number of hydrogen-bond acceptors (Lipinski definition) is 5. The summed E-state index contributed by atoms with van der Waals surface area (Å²) in [6.45, 7) is 1.27. The molecule has 6 nitrogen and oxygen atoms in total. The summed E-state index contributed by atoms with van der Waals surface area (Å²) in [6, 6.07) is 3.47. The van der Waals surface area contributed by atoms with Gasteiger partial charge in [0.05, 0.1) is 25.7 Å². The van der Waals surface area contributed by atoms with Crippen molar-refractivity contribution in [2.75, 3.05) is 20.3 Å². The third kappa shape index (κ3) is 2.63. The van der Waals surface area contributed by atoms with E-state index in [4.69, 9.17) is 14.2 Å². The molecule has 2 heterocycles. The maximum absolute atomic E-state index is 12.2. The van der Waals surface area contributed by atoms with E-state index in [1.165, 1.54) is 4.68 Å². The van der Waals surface area contributed by atoms with E-state index in [1.807, 2.05) is 0 Å². The van der Waals surface area contributed by atoms with E-state index in [1.54, 1.807) is 26.3 Å². The largest absolute Gasteiger partial charge is 0.493 e. The van der Waals surface area contributed by atoms with Crippen molar-refractivity contribution in [2.45, 2.75) is 12.5 Å². The van der Waals surface area contributed by atoms with Gasteiger partial charge in [-0.3, -0.25) is 4.79 Å². The first kappa shape index (κ1) is 14.3. The molecule has 1 atom stereocenters. The molecule has 0 radical (unpaired) electrons. The summed E-state index contributed by atoms with van der Waals surface area (Å²) in [6.07, 6.45) is 0.853. The fraction of sp³-hybridized carbons (Fsp3) is 0.429. The molecule has 1 fully saturated rings. The van der Waals surface area contributed by atoms with Gasteiger partial charge in [0.1, 0.15) is 10.7 Å². The van der Waals surface area contributed by atoms with Crippen molar-refractivity contribution >= 4 is 26.7 Å². The molecule has 1 saturated heterocycles. The molecule has 0 N–H and O–H groups in total. The monoisotopic (exact) mass is 354 g/mol. The summed E-state index contributed by atoms with van der Waals surface area (Å²) in [4.78, 5) is 12.2. The molecule has 2 aromatic rings. The Morgan fingerprint density at radius 1 is 1.38 bits per heavy atom. The minimum Gasteiger partial charge on any atom is -0.493 e. The standard InChI is InChI=1S/C14H15BrN2O4/c1-17-14(18)10-6-11(19-2)12(5-9(10)13(15)16-17)21-8-3-4-20-7-8/h5-6,8H,3-4,7H2,1-2H3/t8-/m0/s1. The van der Waals surface area contributed by atoms with E-state index in [9.17, 15) is 4.79 Å². The van der Waals surface area contributed by atoms with Crippen LogP contribution < -0.4 is 15.0 Å². The Hall–Kier alpha value is -1.60. The van der Waals surface area contributed by atoms with Crippen LogP contribution in [0.25, 0.3) is 10.8 Å². The first-order valence-corrected chi connectivity index (χ1v) is 7.38. The molecule has 1 aromatic heterocycles. The molecule has 0 spiro atoms. The number of benzene rings is 1. The van der Waals surface area contributed by atoms with Crippen LogP contribution in [0.3, 0.4) is 0 Å². The van der Waals surface area contributed by atoms with Gasteiger partial charge in [-0.25, -0.2) is 4.68 Å². The third-order valence-electron chi connectivity index (χ3n) is 3.47. The van der Waals surface area contributed by atoms with Gasteiger partial charge < -0.3 is 14.2 Å². The number of fused-ring (bicyclic) bond motifs is 1. The summed E-state index contributed by atoms with van der Waals surface area (Å²) < 4.78 is 18.5. The fourth-order valence-corrected chi connectivity index (χ4v) is 2.92.